The van der Waals surface area contributed by atoms with E-state index in [1.165, 1.54) is 0 Å². The number of hydrogen-bond donors (Lipinski definition) is 5. The molecule has 2 heterocycles. The smallest absolute Gasteiger partial charge is 0.268 e. The first-order valence-electron chi connectivity index (χ1n) is 7.69. The first-order chi connectivity index (χ1) is 12.9. The van der Waals surface area contributed by atoms with E-state index < -0.39 is 5.91 Å². The normalized spacial score (nSPS) is 11.0. The Morgan fingerprint density at radius 2 is 1.89 bits per heavy atom. The molecule has 0 fully saturated rings. The first kappa shape index (κ1) is 18.2. The highest BCUT2D eigenvalue weighted by atomic mass is 32.1. The first-order valence-corrected chi connectivity index (χ1v) is 8.50. The zero-order valence-electron chi connectivity index (χ0n) is 14.2. The molecule has 138 valence electrons. The van der Waals surface area contributed by atoms with Crippen molar-refractivity contribution in [3.63, 3.8) is 0 Å². The van der Waals surface area contributed by atoms with E-state index in [1.54, 1.807) is 31.2 Å². The SMILES string of the molecule is Cc1c(C(=O)c2ccccc2)sc(N=Nc2c(N)n[nH]c2N)c1C(=O)NN. The van der Waals surface area contributed by atoms with Gasteiger partial charge in [0.05, 0.1) is 10.4 Å². The van der Waals surface area contributed by atoms with Crippen molar-refractivity contribution in [3.05, 3.63) is 51.9 Å². The number of anilines is 2. The van der Waals surface area contributed by atoms with E-state index >= 15 is 0 Å². The van der Waals surface area contributed by atoms with E-state index in [0.717, 1.165) is 11.3 Å². The lowest BCUT2D eigenvalue weighted by Gasteiger charge is -2.01. The summed E-state index contributed by atoms with van der Waals surface area (Å²) in [5.74, 6) is 4.66. The molecular formula is C16H16N8O2S. The minimum atomic E-state index is -0.585. The molecule has 0 atom stereocenters. The largest absolute Gasteiger partial charge is 0.382 e. The second kappa shape index (κ2) is 7.35. The Labute approximate surface area is 157 Å². The fourth-order valence-electron chi connectivity index (χ4n) is 2.41. The summed E-state index contributed by atoms with van der Waals surface area (Å²) < 4.78 is 0. The number of H-pyrrole nitrogens is 1. The van der Waals surface area contributed by atoms with Gasteiger partial charge in [-0.15, -0.1) is 21.6 Å². The Kier molecular flexibility index (Phi) is 4.96. The van der Waals surface area contributed by atoms with Gasteiger partial charge in [0.25, 0.3) is 5.91 Å². The molecule has 3 aromatic rings. The lowest BCUT2D eigenvalue weighted by atomic mass is 10.0. The third-order valence-corrected chi connectivity index (χ3v) is 4.94. The number of aromatic amines is 1. The Hall–Kier alpha value is -3.57. The molecular weight excluding hydrogens is 368 g/mol. The second-order valence-corrected chi connectivity index (χ2v) is 6.48. The predicted octanol–water partition coefficient (Wildman–Crippen LogP) is 2.19. The van der Waals surface area contributed by atoms with Crippen LogP contribution in [0.2, 0.25) is 0 Å². The van der Waals surface area contributed by atoms with Crippen molar-refractivity contribution in [2.45, 2.75) is 6.92 Å². The van der Waals surface area contributed by atoms with Gasteiger partial charge >= 0.3 is 0 Å². The second-order valence-electron chi connectivity index (χ2n) is 5.48. The van der Waals surface area contributed by atoms with Crippen LogP contribution in [0.15, 0.2) is 40.6 Å². The molecule has 3 rings (SSSR count). The summed E-state index contributed by atoms with van der Waals surface area (Å²) in [6, 6.07) is 8.71. The molecule has 0 aliphatic heterocycles. The van der Waals surface area contributed by atoms with Crippen molar-refractivity contribution >= 4 is 45.4 Å². The summed E-state index contributed by atoms with van der Waals surface area (Å²) >= 11 is 1.03. The van der Waals surface area contributed by atoms with Crippen LogP contribution in [-0.2, 0) is 0 Å². The highest BCUT2D eigenvalue weighted by Crippen LogP contribution is 2.38. The molecule has 0 saturated carbocycles. The van der Waals surface area contributed by atoms with Crippen LogP contribution in [0.3, 0.4) is 0 Å². The fourth-order valence-corrected chi connectivity index (χ4v) is 3.50. The molecule has 0 unspecified atom stereocenters. The van der Waals surface area contributed by atoms with E-state index in [0.29, 0.717) is 16.0 Å². The lowest BCUT2D eigenvalue weighted by molar-refractivity contribution is 0.0954. The van der Waals surface area contributed by atoms with Gasteiger partial charge in [-0.1, -0.05) is 30.3 Å². The Morgan fingerprint density at radius 3 is 2.48 bits per heavy atom. The molecule has 0 aliphatic rings. The number of hydrazine groups is 1. The Morgan fingerprint density at radius 1 is 1.19 bits per heavy atom. The van der Waals surface area contributed by atoms with Gasteiger partial charge in [-0.05, 0) is 12.5 Å². The molecule has 2 aromatic heterocycles. The number of benzene rings is 1. The van der Waals surface area contributed by atoms with Gasteiger partial charge in [0, 0.05) is 5.56 Å². The number of hydrogen-bond acceptors (Lipinski definition) is 9. The molecule has 11 heteroatoms. The third kappa shape index (κ3) is 3.41. The van der Waals surface area contributed by atoms with Crippen LogP contribution in [0.1, 0.15) is 31.2 Å². The predicted molar refractivity (Wildman–Crippen MR) is 102 cm³/mol. The van der Waals surface area contributed by atoms with E-state index in [-0.39, 0.29) is 33.7 Å². The van der Waals surface area contributed by atoms with Crippen LogP contribution in [0, 0.1) is 6.92 Å². The van der Waals surface area contributed by atoms with Crippen molar-refractivity contribution in [1.29, 1.82) is 0 Å². The van der Waals surface area contributed by atoms with Gasteiger partial charge < -0.3 is 11.5 Å². The quantitative estimate of drug-likeness (QED) is 0.148. The topological polar surface area (TPSA) is 178 Å². The number of azo groups is 1. The highest BCUT2D eigenvalue weighted by Gasteiger charge is 2.25. The number of amides is 1. The fraction of sp³-hybridized carbons (Fsp3) is 0.0625. The van der Waals surface area contributed by atoms with Crippen molar-refractivity contribution in [1.82, 2.24) is 15.6 Å². The van der Waals surface area contributed by atoms with Crippen molar-refractivity contribution in [2.75, 3.05) is 11.5 Å². The van der Waals surface area contributed by atoms with E-state index in [2.05, 4.69) is 25.9 Å². The highest BCUT2D eigenvalue weighted by molar-refractivity contribution is 7.18. The summed E-state index contributed by atoms with van der Waals surface area (Å²) in [6.45, 7) is 1.65. The van der Waals surface area contributed by atoms with Crippen LogP contribution in [0.5, 0.6) is 0 Å². The lowest BCUT2D eigenvalue weighted by Crippen LogP contribution is -2.30. The van der Waals surface area contributed by atoms with E-state index in [4.69, 9.17) is 17.3 Å². The van der Waals surface area contributed by atoms with Crippen LogP contribution >= 0.6 is 11.3 Å². The van der Waals surface area contributed by atoms with Crippen LogP contribution in [0.25, 0.3) is 0 Å². The maximum Gasteiger partial charge on any atom is 0.268 e. The maximum atomic E-state index is 12.8. The van der Waals surface area contributed by atoms with Crippen LogP contribution in [-0.4, -0.2) is 21.9 Å². The minimum absolute atomic E-state index is 0.0648. The third-order valence-electron chi connectivity index (χ3n) is 3.76. The van der Waals surface area contributed by atoms with Gasteiger partial charge in [-0.3, -0.25) is 20.1 Å². The number of ketones is 1. The molecule has 10 nitrogen and oxygen atoms in total. The van der Waals surface area contributed by atoms with Crippen molar-refractivity contribution in [3.8, 4) is 0 Å². The monoisotopic (exact) mass is 384 g/mol. The average molecular weight is 384 g/mol. The molecule has 0 saturated heterocycles. The summed E-state index contributed by atoms with van der Waals surface area (Å²) in [5, 5.41) is 14.4. The number of nitrogen functional groups attached to an aromatic ring is 3. The van der Waals surface area contributed by atoms with Crippen LogP contribution < -0.4 is 22.7 Å². The van der Waals surface area contributed by atoms with Gasteiger partial charge in [0.2, 0.25) is 5.78 Å². The number of nitrogens with zero attached hydrogens (tertiary/aromatic N) is 3. The molecule has 0 radical (unpaired) electrons. The van der Waals surface area contributed by atoms with Gasteiger partial charge in [-0.25, -0.2) is 5.84 Å². The molecule has 0 spiro atoms. The average Bonchev–Trinajstić information content (AvgIpc) is 3.18. The summed E-state index contributed by atoms with van der Waals surface area (Å²) in [4.78, 5) is 25.4. The Balaban J connectivity index is 2.08. The Bertz CT molecular complexity index is 1020. The zero-order valence-corrected chi connectivity index (χ0v) is 15.0. The van der Waals surface area contributed by atoms with E-state index in [1.807, 2.05) is 6.07 Å². The number of carbonyl (C=O) groups excluding carboxylic acids is 2. The van der Waals surface area contributed by atoms with Gasteiger partial charge in [0.15, 0.2) is 16.5 Å². The molecule has 1 amide bonds. The molecule has 8 N–H and O–H groups in total. The number of nitrogens with two attached hydrogens (primary N) is 3. The summed E-state index contributed by atoms with van der Waals surface area (Å²) in [7, 11) is 0. The van der Waals surface area contributed by atoms with Crippen molar-refractivity contribution in [2.24, 2.45) is 16.1 Å². The molecule has 0 aliphatic carbocycles. The standard InChI is InChI=1S/C16H16N8O2S/c1-7-9(15(26)20-19)16(24-21-10-13(17)22-23-14(10)18)27-12(7)11(25)8-5-3-2-4-6-8/h2-6H,19H2,1H3,(H,20,26)(H5,17,18,22,23). The van der Waals surface area contributed by atoms with E-state index in [9.17, 15) is 9.59 Å². The van der Waals surface area contributed by atoms with Crippen molar-refractivity contribution < 1.29 is 9.59 Å². The number of aromatic nitrogens is 2. The maximum absolute atomic E-state index is 12.8. The minimum Gasteiger partial charge on any atom is -0.382 e. The number of carbonyl (C=O) groups is 2. The summed E-state index contributed by atoms with van der Waals surface area (Å²) in [5.41, 5.74) is 14.7. The molecule has 27 heavy (non-hydrogen) atoms. The molecule has 0 bridgehead atoms. The van der Waals surface area contributed by atoms with Gasteiger partial charge in [0.1, 0.15) is 5.82 Å². The summed E-state index contributed by atoms with van der Waals surface area (Å²) in [6.07, 6.45) is 0. The van der Waals surface area contributed by atoms with Crippen LogP contribution in [0.4, 0.5) is 22.3 Å². The number of rotatable bonds is 5. The zero-order chi connectivity index (χ0) is 19.6. The van der Waals surface area contributed by atoms with Gasteiger partial charge in [-0.2, -0.15) is 5.10 Å². The number of nitrogens with one attached hydrogen (secondary N) is 2. The number of thiophene rings is 1. The molecule has 1 aromatic carbocycles.